The fraction of sp³-hybridized carbons (Fsp3) is 0.625. The lowest BCUT2D eigenvalue weighted by Crippen LogP contribution is -2.34. The normalized spacial score (nSPS) is 20.7. The molecule has 1 fully saturated rings. The van der Waals surface area contributed by atoms with Crippen LogP contribution in [0.4, 0.5) is 5.69 Å². The fourth-order valence-corrected chi connectivity index (χ4v) is 3.10. The van der Waals surface area contributed by atoms with Crippen LogP contribution in [0.3, 0.4) is 0 Å². The van der Waals surface area contributed by atoms with Crippen molar-refractivity contribution in [2.75, 3.05) is 18.0 Å². The molecule has 1 unspecified atom stereocenters. The SMILES string of the molecule is Cc1ccc2c(c1)CCCN2CCC(N)C1CC1. The molecule has 18 heavy (non-hydrogen) atoms. The Morgan fingerprint density at radius 3 is 3.00 bits per heavy atom. The lowest BCUT2D eigenvalue weighted by Gasteiger charge is -2.32. The Hall–Kier alpha value is -1.02. The number of rotatable bonds is 4. The molecular formula is C16H24N2. The molecule has 0 amide bonds. The maximum absolute atomic E-state index is 6.21. The molecular weight excluding hydrogens is 220 g/mol. The molecule has 1 aromatic carbocycles. The van der Waals surface area contributed by atoms with Gasteiger partial charge in [-0.05, 0) is 56.6 Å². The summed E-state index contributed by atoms with van der Waals surface area (Å²) in [7, 11) is 0. The quantitative estimate of drug-likeness (QED) is 0.882. The van der Waals surface area contributed by atoms with Crippen LogP contribution in [0, 0.1) is 12.8 Å². The van der Waals surface area contributed by atoms with Gasteiger partial charge >= 0.3 is 0 Å². The van der Waals surface area contributed by atoms with Crippen molar-refractivity contribution in [3.63, 3.8) is 0 Å². The summed E-state index contributed by atoms with van der Waals surface area (Å²) < 4.78 is 0. The van der Waals surface area contributed by atoms with Gasteiger partial charge in [0.05, 0.1) is 0 Å². The lowest BCUT2D eigenvalue weighted by molar-refractivity contribution is 0.535. The standard InChI is InChI=1S/C16H24N2/c1-12-4-7-16-14(11-12)3-2-9-18(16)10-8-15(17)13-5-6-13/h4,7,11,13,15H,2-3,5-6,8-10,17H2,1H3. The summed E-state index contributed by atoms with van der Waals surface area (Å²) in [6.45, 7) is 4.52. The minimum Gasteiger partial charge on any atom is -0.371 e. The van der Waals surface area contributed by atoms with E-state index in [1.54, 1.807) is 0 Å². The van der Waals surface area contributed by atoms with Crippen molar-refractivity contribution in [3.05, 3.63) is 29.3 Å². The highest BCUT2D eigenvalue weighted by molar-refractivity contribution is 5.56. The number of hydrogen-bond acceptors (Lipinski definition) is 2. The zero-order valence-electron chi connectivity index (χ0n) is 11.4. The number of fused-ring (bicyclic) bond motifs is 1. The fourth-order valence-electron chi connectivity index (χ4n) is 3.10. The number of hydrogen-bond donors (Lipinski definition) is 1. The number of benzene rings is 1. The van der Waals surface area contributed by atoms with Crippen molar-refractivity contribution < 1.29 is 0 Å². The first kappa shape index (κ1) is 12.0. The smallest absolute Gasteiger partial charge is 0.0398 e. The monoisotopic (exact) mass is 244 g/mol. The van der Waals surface area contributed by atoms with Crippen LogP contribution < -0.4 is 10.6 Å². The van der Waals surface area contributed by atoms with E-state index in [4.69, 9.17) is 5.73 Å². The molecule has 0 spiro atoms. The third-order valence-electron chi connectivity index (χ3n) is 4.41. The first-order valence-corrected chi connectivity index (χ1v) is 7.34. The molecule has 2 N–H and O–H groups in total. The molecule has 1 heterocycles. The van der Waals surface area contributed by atoms with Gasteiger partial charge in [-0.25, -0.2) is 0 Å². The molecule has 98 valence electrons. The predicted octanol–water partition coefficient (Wildman–Crippen LogP) is 2.88. The highest BCUT2D eigenvalue weighted by atomic mass is 15.1. The van der Waals surface area contributed by atoms with Crippen molar-refractivity contribution in [3.8, 4) is 0 Å². The topological polar surface area (TPSA) is 29.3 Å². The molecule has 1 atom stereocenters. The van der Waals surface area contributed by atoms with E-state index < -0.39 is 0 Å². The van der Waals surface area contributed by atoms with Gasteiger partial charge < -0.3 is 10.6 Å². The number of anilines is 1. The second kappa shape index (κ2) is 4.93. The molecule has 1 aromatic rings. The van der Waals surface area contributed by atoms with Crippen molar-refractivity contribution in [1.29, 1.82) is 0 Å². The van der Waals surface area contributed by atoms with E-state index in [1.165, 1.54) is 49.0 Å². The van der Waals surface area contributed by atoms with Crippen molar-refractivity contribution in [2.45, 2.75) is 45.1 Å². The van der Waals surface area contributed by atoms with Crippen LogP contribution in [-0.4, -0.2) is 19.1 Å². The third kappa shape index (κ3) is 2.54. The van der Waals surface area contributed by atoms with E-state index in [9.17, 15) is 0 Å². The van der Waals surface area contributed by atoms with Crippen molar-refractivity contribution >= 4 is 5.69 Å². The van der Waals surface area contributed by atoms with Gasteiger partial charge in [-0.3, -0.25) is 0 Å². The van der Waals surface area contributed by atoms with Crippen LogP contribution >= 0.6 is 0 Å². The Labute approximate surface area is 110 Å². The third-order valence-corrected chi connectivity index (χ3v) is 4.41. The molecule has 3 rings (SSSR count). The Balaban J connectivity index is 1.66. The highest BCUT2D eigenvalue weighted by Crippen LogP contribution is 2.34. The molecule has 2 aliphatic rings. The molecule has 1 aliphatic carbocycles. The summed E-state index contributed by atoms with van der Waals surface area (Å²) in [6.07, 6.45) is 6.39. The van der Waals surface area contributed by atoms with Gasteiger partial charge in [0.1, 0.15) is 0 Å². The summed E-state index contributed by atoms with van der Waals surface area (Å²) in [4.78, 5) is 2.54. The average molecular weight is 244 g/mol. The van der Waals surface area contributed by atoms with Gasteiger partial charge in [0, 0.05) is 24.8 Å². The average Bonchev–Trinajstić information content (AvgIpc) is 3.19. The summed E-state index contributed by atoms with van der Waals surface area (Å²) in [5, 5.41) is 0. The first-order chi connectivity index (χ1) is 8.74. The van der Waals surface area contributed by atoms with E-state index in [-0.39, 0.29) is 0 Å². The number of nitrogens with two attached hydrogens (primary N) is 1. The molecule has 2 nitrogen and oxygen atoms in total. The van der Waals surface area contributed by atoms with Crippen molar-refractivity contribution in [1.82, 2.24) is 0 Å². The molecule has 1 saturated carbocycles. The molecule has 1 aliphatic heterocycles. The van der Waals surface area contributed by atoms with Crippen LogP contribution in [0.15, 0.2) is 18.2 Å². The highest BCUT2D eigenvalue weighted by Gasteiger charge is 2.28. The van der Waals surface area contributed by atoms with E-state index >= 15 is 0 Å². The Morgan fingerprint density at radius 2 is 2.22 bits per heavy atom. The number of nitrogens with zero attached hydrogens (tertiary/aromatic N) is 1. The van der Waals surface area contributed by atoms with Gasteiger partial charge in [0.25, 0.3) is 0 Å². The Bertz CT molecular complexity index is 423. The van der Waals surface area contributed by atoms with Gasteiger partial charge in [0.2, 0.25) is 0 Å². The zero-order chi connectivity index (χ0) is 12.5. The maximum Gasteiger partial charge on any atom is 0.0398 e. The van der Waals surface area contributed by atoms with E-state index in [1.807, 2.05) is 0 Å². The summed E-state index contributed by atoms with van der Waals surface area (Å²) in [6, 6.07) is 7.31. The number of aryl methyl sites for hydroxylation is 2. The van der Waals surface area contributed by atoms with Crippen LogP contribution in [0.5, 0.6) is 0 Å². The van der Waals surface area contributed by atoms with Gasteiger partial charge in [-0.2, -0.15) is 0 Å². The molecule has 0 aromatic heterocycles. The van der Waals surface area contributed by atoms with Crippen LogP contribution in [0.2, 0.25) is 0 Å². The Morgan fingerprint density at radius 1 is 1.39 bits per heavy atom. The molecule has 0 saturated heterocycles. The summed E-state index contributed by atoms with van der Waals surface area (Å²) in [5.74, 6) is 0.826. The minimum absolute atomic E-state index is 0.431. The van der Waals surface area contributed by atoms with Crippen LogP contribution in [0.25, 0.3) is 0 Å². The Kier molecular flexibility index (Phi) is 3.29. The van der Waals surface area contributed by atoms with Gasteiger partial charge in [-0.1, -0.05) is 17.7 Å². The van der Waals surface area contributed by atoms with Crippen LogP contribution in [-0.2, 0) is 6.42 Å². The summed E-state index contributed by atoms with van der Waals surface area (Å²) >= 11 is 0. The van der Waals surface area contributed by atoms with Crippen molar-refractivity contribution in [2.24, 2.45) is 11.7 Å². The first-order valence-electron chi connectivity index (χ1n) is 7.34. The van der Waals surface area contributed by atoms with Gasteiger partial charge in [-0.15, -0.1) is 0 Å². The second-order valence-corrected chi connectivity index (χ2v) is 6.01. The van der Waals surface area contributed by atoms with Crippen LogP contribution in [0.1, 0.15) is 36.8 Å². The molecule has 0 radical (unpaired) electrons. The largest absolute Gasteiger partial charge is 0.371 e. The lowest BCUT2D eigenvalue weighted by atomic mass is 9.99. The predicted molar refractivity (Wildman–Crippen MR) is 77.0 cm³/mol. The zero-order valence-corrected chi connectivity index (χ0v) is 11.4. The van der Waals surface area contributed by atoms with Gasteiger partial charge in [0.15, 0.2) is 0 Å². The minimum atomic E-state index is 0.431. The maximum atomic E-state index is 6.21. The van der Waals surface area contributed by atoms with E-state index in [0.717, 1.165) is 18.9 Å². The molecule has 0 bridgehead atoms. The second-order valence-electron chi connectivity index (χ2n) is 6.01. The van der Waals surface area contributed by atoms with E-state index in [2.05, 4.69) is 30.0 Å². The molecule has 2 heteroatoms. The summed E-state index contributed by atoms with van der Waals surface area (Å²) in [5.41, 5.74) is 10.6. The van der Waals surface area contributed by atoms with E-state index in [0.29, 0.717) is 6.04 Å².